The van der Waals surface area contributed by atoms with Crippen molar-refractivity contribution in [2.24, 2.45) is 0 Å². The van der Waals surface area contributed by atoms with Gasteiger partial charge in [-0.25, -0.2) is 13.2 Å². The number of methoxy groups -OCH3 is 1. The third-order valence-corrected chi connectivity index (χ3v) is 6.94. The number of esters is 1. The molecule has 1 amide bonds. The van der Waals surface area contributed by atoms with Crippen LogP contribution in [0.15, 0.2) is 54.6 Å². The highest BCUT2D eigenvalue weighted by Crippen LogP contribution is 2.22. The van der Waals surface area contributed by atoms with E-state index in [0.29, 0.717) is 23.3 Å². The van der Waals surface area contributed by atoms with E-state index in [4.69, 9.17) is 9.47 Å². The summed E-state index contributed by atoms with van der Waals surface area (Å²) in [7, 11) is -0.0201. The Morgan fingerprint density at radius 3 is 2.52 bits per heavy atom. The second-order valence-corrected chi connectivity index (χ2v) is 9.57. The highest BCUT2D eigenvalue weighted by molar-refractivity contribution is 7.91. The molecule has 0 bridgehead atoms. The molecule has 0 spiro atoms. The van der Waals surface area contributed by atoms with Gasteiger partial charge in [0.25, 0.3) is 5.91 Å². The van der Waals surface area contributed by atoms with E-state index < -0.39 is 34.4 Å². The van der Waals surface area contributed by atoms with Gasteiger partial charge in [-0.05, 0) is 35.8 Å². The van der Waals surface area contributed by atoms with Crippen LogP contribution in [0, 0.1) is 0 Å². The maximum atomic E-state index is 12.9. The first kappa shape index (κ1) is 22.6. The van der Waals surface area contributed by atoms with Crippen molar-refractivity contribution >= 4 is 33.4 Å². The lowest BCUT2D eigenvalue weighted by molar-refractivity contribution is -0.147. The van der Waals surface area contributed by atoms with E-state index in [1.807, 2.05) is 30.3 Å². The van der Waals surface area contributed by atoms with Crippen LogP contribution in [0.4, 0.5) is 0 Å². The van der Waals surface area contributed by atoms with E-state index in [2.05, 4.69) is 0 Å². The molecule has 1 aliphatic rings. The number of likely N-dealkylation sites (N-methyl/N-ethyl adjacent to an activating group) is 1. The van der Waals surface area contributed by atoms with E-state index in [-0.39, 0.29) is 11.5 Å². The molecule has 0 aliphatic carbocycles. The minimum atomic E-state index is -3.12. The van der Waals surface area contributed by atoms with E-state index in [1.165, 1.54) is 11.9 Å². The number of carbonyl (C=O) groups excluding carboxylic acids is 2. The molecule has 2 aromatic rings. The lowest BCUT2D eigenvalue weighted by Gasteiger charge is -2.23. The van der Waals surface area contributed by atoms with E-state index >= 15 is 0 Å². The van der Waals surface area contributed by atoms with Gasteiger partial charge in [0.15, 0.2) is 16.4 Å². The van der Waals surface area contributed by atoms with Crippen LogP contribution < -0.4 is 4.74 Å². The number of carbonyl (C=O) groups is 2. The summed E-state index contributed by atoms with van der Waals surface area (Å²) in [5, 5.41) is 0. The SMILES string of the molecule is COc1cccc(/C=C(/C(=O)OCC(=O)N(C)[C@H]2CCS(=O)(=O)C2)c2ccccc2)c1. The van der Waals surface area contributed by atoms with Crippen LogP contribution in [0.3, 0.4) is 0 Å². The van der Waals surface area contributed by atoms with Gasteiger partial charge in [0.1, 0.15) is 5.75 Å². The molecule has 1 atom stereocenters. The Morgan fingerprint density at radius 2 is 1.87 bits per heavy atom. The molecule has 0 unspecified atom stereocenters. The molecule has 7 nitrogen and oxygen atoms in total. The molecule has 1 heterocycles. The second-order valence-electron chi connectivity index (χ2n) is 7.34. The van der Waals surface area contributed by atoms with E-state index in [9.17, 15) is 18.0 Å². The van der Waals surface area contributed by atoms with Gasteiger partial charge in [-0.15, -0.1) is 0 Å². The molecular formula is C23H25NO6S. The minimum absolute atomic E-state index is 0.0613. The molecule has 2 aromatic carbocycles. The summed E-state index contributed by atoms with van der Waals surface area (Å²) in [5.41, 5.74) is 1.69. The molecule has 0 saturated carbocycles. The number of nitrogens with zero attached hydrogens (tertiary/aromatic N) is 1. The van der Waals surface area contributed by atoms with Crippen molar-refractivity contribution in [1.82, 2.24) is 4.90 Å². The van der Waals surface area contributed by atoms with Crippen LogP contribution in [0.25, 0.3) is 11.6 Å². The summed E-state index contributed by atoms with van der Waals surface area (Å²) in [5.74, 6) is -0.429. The van der Waals surface area contributed by atoms with Crippen molar-refractivity contribution in [2.75, 3.05) is 32.3 Å². The maximum absolute atomic E-state index is 12.9. The van der Waals surface area contributed by atoms with Crippen molar-refractivity contribution in [1.29, 1.82) is 0 Å². The van der Waals surface area contributed by atoms with Crippen LogP contribution in [0.1, 0.15) is 17.5 Å². The number of hydrogen-bond acceptors (Lipinski definition) is 6. The van der Waals surface area contributed by atoms with Gasteiger partial charge < -0.3 is 14.4 Å². The number of benzene rings is 2. The molecule has 1 fully saturated rings. The summed E-state index contributed by atoms with van der Waals surface area (Å²) < 4.78 is 33.9. The van der Waals surface area contributed by atoms with Crippen molar-refractivity contribution in [3.05, 3.63) is 65.7 Å². The summed E-state index contributed by atoms with van der Waals surface area (Å²) >= 11 is 0. The van der Waals surface area contributed by atoms with Gasteiger partial charge in [0.05, 0.1) is 24.2 Å². The Hall–Kier alpha value is -3.13. The van der Waals surface area contributed by atoms with Gasteiger partial charge in [-0.2, -0.15) is 0 Å². The van der Waals surface area contributed by atoms with Gasteiger partial charge >= 0.3 is 5.97 Å². The fourth-order valence-electron chi connectivity index (χ4n) is 3.37. The van der Waals surface area contributed by atoms with Crippen LogP contribution in [-0.2, 0) is 24.2 Å². The lowest BCUT2D eigenvalue weighted by atomic mass is 10.0. The number of sulfone groups is 1. The first-order valence-corrected chi connectivity index (χ1v) is 11.7. The molecule has 0 aromatic heterocycles. The van der Waals surface area contributed by atoms with Gasteiger partial charge in [-0.1, -0.05) is 42.5 Å². The molecule has 1 aliphatic heterocycles. The molecular weight excluding hydrogens is 418 g/mol. The average Bonchev–Trinajstić information content (AvgIpc) is 3.15. The predicted molar refractivity (Wildman–Crippen MR) is 118 cm³/mol. The topological polar surface area (TPSA) is 90.0 Å². The van der Waals surface area contributed by atoms with Crippen LogP contribution in [-0.4, -0.2) is 63.5 Å². The molecule has 1 saturated heterocycles. The highest BCUT2D eigenvalue weighted by atomic mass is 32.2. The number of hydrogen-bond donors (Lipinski definition) is 0. The fraction of sp³-hybridized carbons (Fsp3) is 0.304. The largest absolute Gasteiger partial charge is 0.497 e. The zero-order chi connectivity index (χ0) is 22.4. The average molecular weight is 444 g/mol. The number of rotatable bonds is 7. The smallest absolute Gasteiger partial charge is 0.339 e. The third kappa shape index (κ3) is 5.95. The quantitative estimate of drug-likeness (QED) is 0.371. The van der Waals surface area contributed by atoms with Crippen molar-refractivity contribution in [2.45, 2.75) is 12.5 Å². The molecule has 31 heavy (non-hydrogen) atoms. The number of amides is 1. The molecule has 0 N–H and O–H groups in total. The predicted octanol–water partition coefficient (Wildman–Crippen LogP) is 2.42. The standard InChI is InChI=1S/C23H25NO6S/c1-24(19-11-12-31(27,28)16-19)22(25)15-30-23(26)21(18-8-4-3-5-9-18)14-17-7-6-10-20(13-17)29-2/h3-10,13-14,19H,11-12,15-16H2,1-2H3/b21-14+/t19-/m0/s1. The number of ether oxygens (including phenoxy) is 2. The Balaban J connectivity index is 1.74. The normalized spacial score (nSPS) is 17.7. The Bertz CT molecular complexity index is 1080. The minimum Gasteiger partial charge on any atom is -0.497 e. The molecule has 0 radical (unpaired) electrons. The van der Waals surface area contributed by atoms with Crippen LogP contribution in [0.2, 0.25) is 0 Å². The zero-order valence-corrected chi connectivity index (χ0v) is 18.3. The van der Waals surface area contributed by atoms with Crippen molar-refractivity contribution < 1.29 is 27.5 Å². The lowest BCUT2D eigenvalue weighted by Crippen LogP contribution is -2.40. The Kier molecular flexibility index (Phi) is 7.12. The van der Waals surface area contributed by atoms with Crippen molar-refractivity contribution in [3.63, 3.8) is 0 Å². The van der Waals surface area contributed by atoms with Crippen LogP contribution in [0.5, 0.6) is 5.75 Å². The second kappa shape index (κ2) is 9.78. The maximum Gasteiger partial charge on any atom is 0.339 e. The highest BCUT2D eigenvalue weighted by Gasteiger charge is 2.33. The van der Waals surface area contributed by atoms with Gasteiger partial charge in [-0.3, -0.25) is 4.79 Å². The molecule has 164 valence electrons. The summed E-state index contributed by atoms with van der Waals surface area (Å²) in [6.45, 7) is -0.464. The monoisotopic (exact) mass is 443 g/mol. The summed E-state index contributed by atoms with van der Waals surface area (Å²) in [4.78, 5) is 26.7. The zero-order valence-electron chi connectivity index (χ0n) is 17.5. The summed E-state index contributed by atoms with van der Waals surface area (Å²) in [6, 6.07) is 15.9. The van der Waals surface area contributed by atoms with Crippen molar-refractivity contribution in [3.8, 4) is 5.75 Å². The first-order valence-electron chi connectivity index (χ1n) is 9.83. The Labute approximate surface area is 182 Å². The third-order valence-electron chi connectivity index (χ3n) is 5.19. The molecule has 3 rings (SSSR count). The summed E-state index contributed by atoms with van der Waals surface area (Å²) in [6.07, 6.45) is 2.07. The fourth-order valence-corrected chi connectivity index (χ4v) is 5.14. The van der Waals surface area contributed by atoms with Gasteiger partial charge in [0.2, 0.25) is 0 Å². The first-order chi connectivity index (χ1) is 14.8. The Morgan fingerprint density at radius 1 is 1.13 bits per heavy atom. The van der Waals surface area contributed by atoms with E-state index in [0.717, 1.165) is 5.56 Å². The molecule has 8 heteroatoms. The van der Waals surface area contributed by atoms with Gasteiger partial charge in [0, 0.05) is 13.1 Å². The van der Waals surface area contributed by atoms with Crippen LogP contribution >= 0.6 is 0 Å². The van der Waals surface area contributed by atoms with E-state index in [1.54, 1.807) is 37.5 Å².